The molecule has 0 saturated carbocycles. The molecule has 0 heterocycles. The summed E-state index contributed by atoms with van der Waals surface area (Å²) in [7, 11) is 0. The summed E-state index contributed by atoms with van der Waals surface area (Å²) in [4.78, 5) is 10.9. The van der Waals surface area contributed by atoms with Gasteiger partial charge in [0.2, 0.25) is 0 Å². The minimum absolute atomic E-state index is 0.126. The van der Waals surface area contributed by atoms with Crippen LogP contribution in [0.2, 0.25) is 0 Å². The van der Waals surface area contributed by atoms with Gasteiger partial charge < -0.3 is 9.47 Å². The van der Waals surface area contributed by atoms with Crippen LogP contribution in [0.15, 0.2) is 28.7 Å². The normalized spacial score (nSPS) is 11.9. The fraction of sp³-hybridized carbons (Fsp3) is 0.300. The number of alkyl halides is 1. The van der Waals surface area contributed by atoms with Gasteiger partial charge in [-0.05, 0) is 25.1 Å². The van der Waals surface area contributed by atoms with E-state index in [1.807, 2.05) is 0 Å². The molecule has 1 rings (SSSR count). The molecular weight excluding hydrogens is 267 g/mol. The van der Waals surface area contributed by atoms with E-state index in [1.165, 1.54) is 0 Å². The Morgan fingerprint density at radius 2 is 2.33 bits per heavy atom. The van der Waals surface area contributed by atoms with E-state index in [9.17, 15) is 9.18 Å². The van der Waals surface area contributed by atoms with Gasteiger partial charge in [0.1, 0.15) is 5.75 Å². The average molecular weight is 277 g/mol. The molecule has 0 spiro atoms. The quantitative estimate of drug-likeness (QED) is 0.794. The lowest BCUT2D eigenvalue weighted by Crippen LogP contribution is -2.24. The van der Waals surface area contributed by atoms with Crippen molar-refractivity contribution in [2.45, 2.75) is 13.3 Å². The topological polar surface area (TPSA) is 35.5 Å². The van der Waals surface area contributed by atoms with Gasteiger partial charge in [0.15, 0.2) is 0 Å². The van der Waals surface area contributed by atoms with E-state index in [1.54, 1.807) is 31.2 Å². The molecule has 0 aliphatic heterocycles. The molecule has 1 atom stereocenters. The summed E-state index contributed by atoms with van der Waals surface area (Å²) in [5.41, 5.74) is 0. The largest absolute Gasteiger partial charge is 0.461 e. The fourth-order valence-corrected chi connectivity index (χ4v) is 1.29. The Kier molecular flexibility index (Phi) is 4.55. The molecule has 0 fully saturated rings. The molecule has 0 amide bonds. The standard InChI is InChI=1S/C10H10BrFO3/c1-2-14-10(13)9(12)15-8-5-3-4-7(11)6-8/h3-6,9H,2H2,1H3/t9-/m1/s1. The van der Waals surface area contributed by atoms with Gasteiger partial charge in [-0.15, -0.1) is 0 Å². The Morgan fingerprint density at radius 1 is 1.60 bits per heavy atom. The smallest absolute Gasteiger partial charge is 0.381 e. The summed E-state index contributed by atoms with van der Waals surface area (Å²) >= 11 is 3.20. The Morgan fingerprint density at radius 3 is 2.93 bits per heavy atom. The summed E-state index contributed by atoms with van der Waals surface area (Å²) in [5.74, 6) is -0.748. The molecule has 15 heavy (non-hydrogen) atoms. The number of hydrogen-bond acceptors (Lipinski definition) is 3. The Balaban J connectivity index is 2.58. The first-order chi connectivity index (χ1) is 7.13. The third-order valence-electron chi connectivity index (χ3n) is 1.51. The van der Waals surface area contributed by atoms with Gasteiger partial charge in [-0.1, -0.05) is 22.0 Å². The van der Waals surface area contributed by atoms with Crippen LogP contribution in [0.25, 0.3) is 0 Å². The monoisotopic (exact) mass is 276 g/mol. The summed E-state index contributed by atoms with van der Waals surface area (Å²) < 4.78 is 23.0. The number of ether oxygens (including phenoxy) is 2. The van der Waals surface area contributed by atoms with E-state index in [2.05, 4.69) is 20.7 Å². The Labute approximate surface area is 95.3 Å². The van der Waals surface area contributed by atoms with Crippen molar-refractivity contribution in [1.82, 2.24) is 0 Å². The highest BCUT2D eigenvalue weighted by molar-refractivity contribution is 9.10. The van der Waals surface area contributed by atoms with E-state index in [0.717, 1.165) is 4.47 Å². The van der Waals surface area contributed by atoms with Crippen molar-refractivity contribution in [3.05, 3.63) is 28.7 Å². The van der Waals surface area contributed by atoms with E-state index in [4.69, 9.17) is 4.74 Å². The van der Waals surface area contributed by atoms with Crippen LogP contribution in [-0.4, -0.2) is 18.9 Å². The van der Waals surface area contributed by atoms with E-state index >= 15 is 0 Å². The van der Waals surface area contributed by atoms with Crippen molar-refractivity contribution in [3.8, 4) is 5.75 Å². The highest BCUT2D eigenvalue weighted by atomic mass is 79.9. The molecule has 0 aliphatic carbocycles. The zero-order valence-electron chi connectivity index (χ0n) is 8.07. The van der Waals surface area contributed by atoms with Crippen LogP contribution in [0.1, 0.15) is 6.92 Å². The van der Waals surface area contributed by atoms with E-state index in [0.29, 0.717) is 0 Å². The molecule has 82 valence electrons. The molecule has 0 radical (unpaired) electrons. The summed E-state index contributed by atoms with van der Waals surface area (Å²) in [5, 5.41) is 0. The minimum Gasteiger partial charge on any atom is -0.461 e. The van der Waals surface area contributed by atoms with Gasteiger partial charge in [0.25, 0.3) is 0 Å². The summed E-state index contributed by atoms with van der Waals surface area (Å²) in [6, 6.07) is 6.56. The van der Waals surface area contributed by atoms with Gasteiger partial charge >= 0.3 is 12.3 Å². The van der Waals surface area contributed by atoms with Crippen molar-refractivity contribution in [2.24, 2.45) is 0 Å². The van der Waals surface area contributed by atoms with Crippen molar-refractivity contribution >= 4 is 21.9 Å². The minimum atomic E-state index is -2.08. The lowest BCUT2D eigenvalue weighted by molar-refractivity contribution is -0.159. The molecule has 1 aromatic carbocycles. The van der Waals surface area contributed by atoms with Crippen LogP contribution >= 0.6 is 15.9 Å². The Bertz CT molecular complexity index is 343. The van der Waals surface area contributed by atoms with Crippen LogP contribution in [0, 0.1) is 0 Å². The van der Waals surface area contributed by atoms with E-state index < -0.39 is 12.3 Å². The zero-order valence-corrected chi connectivity index (χ0v) is 9.66. The van der Waals surface area contributed by atoms with Gasteiger partial charge in [-0.3, -0.25) is 0 Å². The average Bonchev–Trinajstić information content (AvgIpc) is 2.18. The first kappa shape index (κ1) is 12.0. The second kappa shape index (κ2) is 5.70. The maximum absolute atomic E-state index is 13.1. The molecule has 0 aliphatic rings. The van der Waals surface area contributed by atoms with Crippen LogP contribution < -0.4 is 4.74 Å². The lowest BCUT2D eigenvalue weighted by Gasteiger charge is -2.10. The van der Waals surface area contributed by atoms with Crippen LogP contribution in [0.3, 0.4) is 0 Å². The number of halogens is 2. The molecule has 1 aromatic rings. The molecular formula is C10H10BrFO3. The second-order valence-electron chi connectivity index (χ2n) is 2.64. The number of hydrogen-bond donors (Lipinski definition) is 0. The number of benzene rings is 1. The predicted molar refractivity (Wildman–Crippen MR) is 56.3 cm³/mol. The molecule has 0 unspecified atom stereocenters. The summed E-state index contributed by atoms with van der Waals surface area (Å²) in [6.45, 7) is 1.73. The van der Waals surface area contributed by atoms with Gasteiger partial charge in [0.05, 0.1) is 6.61 Å². The molecule has 0 saturated heterocycles. The number of rotatable bonds is 4. The molecule has 0 N–H and O–H groups in total. The second-order valence-corrected chi connectivity index (χ2v) is 3.56. The van der Waals surface area contributed by atoms with Gasteiger partial charge in [0, 0.05) is 4.47 Å². The zero-order chi connectivity index (χ0) is 11.3. The maximum Gasteiger partial charge on any atom is 0.381 e. The van der Waals surface area contributed by atoms with Gasteiger partial charge in [-0.2, -0.15) is 4.39 Å². The lowest BCUT2D eigenvalue weighted by atomic mass is 10.3. The molecule has 5 heteroatoms. The van der Waals surface area contributed by atoms with Crippen molar-refractivity contribution in [3.63, 3.8) is 0 Å². The first-order valence-electron chi connectivity index (χ1n) is 4.36. The number of carbonyl (C=O) groups is 1. The summed E-state index contributed by atoms with van der Waals surface area (Å²) in [6.07, 6.45) is -2.08. The molecule has 0 aromatic heterocycles. The van der Waals surface area contributed by atoms with Crippen LogP contribution in [-0.2, 0) is 9.53 Å². The first-order valence-corrected chi connectivity index (χ1v) is 5.15. The fourth-order valence-electron chi connectivity index (χ4n) is 0.916. The van der Waals surface area contributed by atoms with Crippen LogP contribution in [0.4, 0.5) is 4.39 Å². The maximum atomic E-state index is 13.1. The number of esters is 1. The molecule has 3 nitrogen and oxygen atoms in total. The SMILES string of the molecule is CCOC(=O)[C@H](F)Oc1cccc(Br)c1. The Hall–Kier alpha value is -1.10. The third-order valence-corrected chi connectivity index (χ3v) is 2.00. The number of carbonyl (C=O) groups excluding carboxylic acids is 1. The van der Waals surface area contributed by atoms with Crippen molar-refractivity contribution in [1.29, 1.82) is 0 Å². The van der Waals surface area contributed by atoms with Gasteiger partial charge in [-0.25, -0.2) is 4.79 Å². The van der Waals surface area contributed by atoms with Crippen molar-refractivity contribution in [2.75, 3.05) is 6.61 Å². The van der Waals surface area contributed by atoms with Crippen molar-refractivity contribution < 1.29 is 18.7 Å². The van der Waals surface area contributed by atoms with Crippen LogP contribution in [0.5, 0.6) is 5.75 Å². The highest BCUT2D eigenvalue weighted by Gasteiger charge is 2.20. The predicted octanol–water partition coefficient (Wildman–Crippen LogP) is 2.69. The third kappa shape index (κ3) is 3.87. The van der Waals surface area contributed by atoms with E-state index in [-0.39, 0.29) is 12.4 Å². The molecule has 0 bridgehead atoms. The highest BCUT2D eigenvalue weighted by Crippen LogP contribution is 2.19.